The van der Waals surface area contributed by atoms with Gasteiger partial charge >= 0.3 is 6.36 Å². The van der Waals surface area contributed by atoms with Gasteiger partial charge in [-0.2, -0.15) is 0 Å². The molecule has 0 spiro atoms. The van der Waals surface area contributed by atoms with Gasteiger partial charge in [-0.05, 0) is 36.2 Å². The van der Waals surface area contributed by atoms with E-state index in [-0.39, 0.29) is 5.75 Å². The van der Waals surface area contributed by atoms with Crippen LogP contribution < -0.4 is 10.1 Å². The molecule has 112 valence electrons. The molecule has 2 aromatic carbocycles. The van der Waals surface area contributed by atoms with Crippen LogP contribution in [-0.4, -0.2) is 6.36 Å². The summed E-state index contributed by atoms with van der Waals surface area (Å²) in [5, 5.41) is 3.69. The summed E-state index contributed by atoms with van der Waals surface area (Å²) in [5.74, 6) is -0.238. The summed E-state index contributed by atoms with van der Waals surface area (Å²) in [6, 6.07) is 11.3. The molecular formula is C15H13ClF3NO. The molecule has 21 heavy (non-hydrogen) atoms. The predicted octanol–water partition coefficient (Wildman–Crippen LogP) is 5.16. The van der Waals surface area contributed by atoms with Crippen molar-refractivity contribution in [2.45, 2.75) is 19.8 Å². The SMILES string of the molecule is Cc1cccc(Cl)c1NCc1cccc(OC(F)(F)F)c1. The van der Waals surface area contributed by atoms with Crippen molar-refractivity contribution < 1.29 is 17.9 Å². The molecule has 0 aliphatic carbocycles. The third-order valence-corrected chi connectivity index (χ3v) is 3.14. The molecular weight excluding hydrogens is 303 g/mol. The van der Waals surface area contributed by atoms with Crippen LogP contribution in [0.25, 0.3) is 0 Å². The van der Waals surface area contributed by atoms with Gasteiger partial charge < -0.3 is 10.1 Å². The lowest BCUT2D eigenvalue weighted by Gasteiger charge is -2.13. The number of nitrogens with one attached hydrogen (secondary N) is 1. The van der Waals surface area contributed by atoms with Gasteiger partial charge in [0, 0.05) is 6.54 Å². The second-order valence-electron chi connectivity index (χ2n) is 4.48. The Bertz CT molecular complexity index is 608. The minimum Gasteiger partial charge on any atom is -0.406 e. The number of halogens is 4. The van der Waals surface area contributed by atoms with Crippen molar-refractivity contribution in [2.75, 3.05) is 5.32 Å². The average Bonchev–Trinajstić information content (AvgIpc) is 2.36. The lowest BCUT2D eigenvalue weighted by molar-refractivity contribution is -0.274. The Morgan fingerprint density at radius 1 is 1.14 bits per heavy atom. The molecule has 6 heteroatoms. The van der Waals surface area contributed by atoms with Gasteiger partial charge in [0.1, 0.15) is 5.75 Å². The fourth-order valence-electron chi connectivity index (χ4n) is 1.90. The number of rotatable bonds is 4. The van der Waals surface area contributed by atoms with Crippen LogP contribution in [0, 0.1) is 6.92 Å². The number of aryl methyl sites for hydroxylation is 1. The lowest BCUT2D eigenvalue weighted by Crippen LogP contribution is -2.17. The van der Waals surface area contributed by atoms with Crippen LogP contribution in [0.4, 0.5) is 18.9 Å². The van der Waals surface area contributed by atoms with Crippen molar-refractivity contribution >= 4 is 17.3 Å². The molecule has 0 aliphatic heterocycles. The van der Waals surface area contributed by atoms with Crippen molar-refractivity contribution in [3.63, 3.8) is 0 Å². The minimum atomic E-state index is -4.69. The Balaban J connectivity index is 2.09. The molecule has 0 radical (unpaired) electrons. The van der Waals surface area contributed by atoms with E-state index < -0.39 is 6.36 Å². The van der Waals surface area contributed by atoms with Crippen molar-refractivity contribution in [1.29, 1.82) is 0 Å². The molecule has 0 saturated carbocycles. The number of alkyl halides is 3. The van der Waals surface area contributed by atoms with E-state index in [0.717, 1.165) is 11.3 Å². The third kappa shape index (κ3) is 4.56. The third-order valence-electron chi connectivity index (χ3n) is 2.82. The van der Waals surface area contributed by atoms with E-state index in [4.69, 9.17) is 11.6 Å². The number of hydrogen-bond donors (Lipinski definition) is 1. The van der Waals surface area contributed by atoms with E-state index in [1.165, 1.54) is 18.2 Å². The number of para-hydroxylation sites is 1. The summed E-state index contributed by atoms with van der Waals surface area (Å²) in [5.41, 5.74) is 2.39. The zero-order chi connectivity index (χ0) is 15.5. The average molecular weight is 316 g/mol. The van der Waals surface area contributed by atoms with Crippen LogP contribution in [0.3, 0.4) is 0 Å². The highest BCUT2D eigenvalue weighted by molar-refractivity contribution is 6.33. The summed E-state index contributed by atoms with van der Waals surface area (Å²) in [6.45, 7) is 2.25. The predicted molar refractivity (Wildman–Crippen MR) is 76.6 cm³/mol. The molecule has 1 N–H and O–H groups in total. The molecule has 0 aliphatic rings. The first kappa shape index (κ1) is 15.5. The Morgan fingerprint density at radius 2 is 1.86 bits per heavy atom. The topological polar surface area (TPSA) is 21.3 Å². The molecule has 0 fully saturated rings. The van der Waals surface area contributed by atoms with E-state index in [1.54, 1.807) is 12.1 Å². The van der Waals surface area contributed by atoms with E-state index in [9.17, 15) is 13.2 Å². The van der Waals surface area contributed by atoms with Gasteiger partial charge in [0.25, 0.3) is 0 Å². The standard InChI is InChI=1S/C15H13ClF3NO/c1-10-4-2-7-13(16)14(10)20-9-11-5-3-6-12(8-11)21-15(17,18)19/h2-8,20H,9H2,1H3. The highest BCUT2D eigenvalue weighted by Crippen LogP contribution is 2.27. The number of benzene rings is 2. The maximum Gasteiger partial charge on any atom is 0.573 e. The first-order chi connectivity index (χ1) is 9.85. The Kier molecular flexibility index (Phi) is 4.63. The second kappa shape index (κ2) is 6.26. The Hall–Kier alpha value is -1.88. The quantitative estimate of drug-likeness (QED) is 0.841. The molecule has 2 nitrogen and oxygen atoms in total. The van der Waals surface area contributed by atoms with Crippen molar-refractivity contribution in [3.05, 3.63) is 58.6 Å². The number of ether oxygens (including phenoxy) is 1. The Labute approximate surface area is 125 Å². The van der Waals surface area contributed by atoms with Crippen LogP contribution in [-0.2, 0) is 6.54 Å². The minimum absolute atomic E-state index is 0.238. The summed E-state index contributed by atoms with van der Waals surface area (Å²) in [6.07, 6.45) is -4.69. The van der Waals surface area contributed by atoms with E-state index in [2.05, 4.69) is 10.1 Å². The summed E-state index contributed by atoms with van der Waals surface area (Å²) in [7, 11) is 0. The van der Waals surface area contributed by atoms with E-state index in [1.807, 2.05) is 19.1 Å². The molecule has 2 aromatic rings. The lowest BCUT2D eigenvalue weighted by atomic mass is 10.1. The zero-order valence-electron chi connectivity index (χ0n) is 11.2. The molecule has 0 atom stereocenters. The molecule has 0 amide bonds. The Morgan fingerprint density at radius 3 is 2.52 bits per heavy atom. The molecule has 0 heterocycles. The smallest absolute Gasteiger partial charge is 0.406 e. The largest absolute Gasteiger partial charge is 0.573 e. The maximum absolute atomic E-state index is 12.2. The molecule has 0 unspecified atom stereocenters. The van der Waals surface area contributed by atoms with Gasteiger partial charge in [-0.15, -0.1) is 13.2 Å². The monoisotopic (exact) mass is 315 g/mol. The van der Waals surface area contributed by atoms with Crippen molar-refractivity contribution in [3.8, 4) is 5.75 Å². The molecule has 0 saturated heterocycles. The normalized spacial score (nSPS) is 11.3. The van der Waals surface area contributed by atoms with Crippen LogP contribution in [0.5, 0.6) is 5.75 Å². The van der Waals surface area contributed by atoms with E-state index in [0.29, 0.717) is 17.1 Å². The van der Waals surface area contributed by atoms with Crippen molar-refractivity contribution in [1.82, 2.24) is 0 Å². The van der Waals surface area contributed by atoms with Gasteiger partial charge in [-0.25, -0.2) is 0 Å². The van der Waals surface area contributed by atoms with Gasteiger partial charge in [0.15, 0.2) is 0 Å². The van der Waals surface area contributed by atoms with Gasteiger partial charge in [-0.1, -0.05) is 35.9 Å². The van der Waals surface area contributed by atoms with Crippen molar-refractivity contribution in [2.24, 2.45) is 0 Å². The molecule has 0 aromatic heterocycles. The van der Waals surface area contributed by atoms with Crippen LogP contribution in [0.2, 0.25) is 5.02 Å². The maximum atomic E-state index is 12.2. The number of anilines is 1. The molecule has 0 bridgehead atoms. The summed E-state index contributed by atoms with van der Waals surface area (Å²) < 4.78 is 40.4. The molecule has 2 rings (SSSR count). The second-order valence-corrected chi connectivity index (χ2v) is 4.89. The van der Waals surface area contributed by atoms with Crippen LogP contribution in [0.1, 0.15) is 11.1 Å². The van der Waals surface area contributed by atoms with Crippen LogP contribution >= 0.6 is 11.6 Å². The van der Waals surface area contributed by atoms with Gasteiger partial charge in [0.05, 0.1) is 10.7 Å². The number of hydrogen-bond acceptors (Lipinski definition) is 2. The fraction of sp³-hybridized carbons (Fsp3) is 0.200. The van der Waals surface area contributed by atoms with Crippen LogP contribution in [0.15, 0.2) is 42.5 Å². The summed E-state index contributed by atoms with van der Waals surface area (Å²) in [4.78, 5) is 0. The highest BCUT2D eigenvalue weighted by Gasteiger charge is 2.31. The summed E-state index contributed by atoms with van der Waals surface area (Å²) >= 11 is 6.08. The van der Waals surface area contributed by atoms with E-state index >= 15 is 0 Å². The van der Waals surface area contributed by atoms with Gasteiger partial charge in [-0.3, -0.25) is 0 Å². The zero-order valence-corrected chi connectivity index (χ0v) is 11.9. The fourth-order valence-corrected chi connectivity index (χ4v) is 2.19. The van der Waals surface area contributed by atoms with Gasteiger partial charge in [0.2, 0.25) is 0 Å². The first-order valence-electron chi connectivity index (χ1n) is 6.19. The highest BCUT2D eigenvalue weighted by atomic mass is 35.5. The first-order valence-corrected chi connectivity index (χ1v) is 6.56.